The molecule has 3 nitrogen and oxygen atoms in total. The van der Waals surface area contributed by atoms with Crippen LogP contribution in [0.1, 0.15) is 44.0 Å². The summed E-state index contributed by atoms with van der Waals surface area (Å²) in [6, 6.07) is 4.63. The number of likely N-dealkylation sites (tertiary alicyclic amines) is 1. The molecule has 1 aliphatic heterocycles. The Balaban J connectivity index is 2.00. The first kappa shape index (κ1) is 14.5. The number of piperidine rings is 1. The number of nitrogens with zero attached hydrogens (tertiary/aromatic N) is 1. The van der Waals surface area contributed by atoms with Gasteiger partial charge in [-0.25, -0.2) is 0 Å². The van der Waals surface area contributed by atoms with E-state index in [4.69, 9.17) is 0 Å². The molecule has 1 atom stereocenters. The van der Waals surface area contributed by atoms with Crippen LogP contribution in [0.2, 0.25) is 0 Å². The largest absolute Gasteiger partial charge is 0.354 e. The predicted octanol–water partition coefficient (Wildman–Crippen LogP) is 3.05. The van der Waals surface area contributed by atoms with Crippen LogP contribution in [0.15, 0.2) is 17.5 Å². The fraction of sp³-hybridized carbons (Fsp3) is 0.667. The highest BCUT2D eigenvalue weighted by atomic mass is 32.1. The lowest BCUT2D eigenvalue weighted by Crippen LogP contribution is -2.41. The summed E-state index contributed by atoms with van der Waals surface area (Å²) in [6.07, 6.45) is 3.10. The maximum Gasteiger partial charge on any atom is 0.219 e. The first-order valence-electron chi connectivity index (χ1n) is 7.24. The van der Waals surface area contributed by atoms with Crippen LogP contribution in [0.4, 0.5) is 0 Å². The van der Waals surface area contributed by atoms with Gasteiger partial charge in [-0.3, -0.25) is 9.69 Å². The summed E-state index contributed by atoms with van der Waals surface area (Å²) < 4.78 is 0. The molecule has 4 heteroatoms. The molecule has 0 aromatic carbocycles. The Morgan fingerprint density at radius 2 is 2.26 bits per heavy atom. The Labute approximate surface area is 120 Å². The Hall–Kier alpha value is -0.870. The summed E-state index contributed by atoms with van der Waals surface area (Å²) in [4.78, 5) is 15.4. The van der Waals surface area contributed by atoms with Gasteiger partial charge in [-0.15, -0.1) is 11.3 Å². The van der Waals surface area contributed by atoms with Crippen molar-refractivity contribution in [3.05, 3.63) is 22.4 Å². The van der Waals surface area contributed by atoms with Gasteiger partial charge >= 0.3 is 0 Å². The van der Waals surface area contributed by atoms with Gasteiger partial charge in [0.1, 0.15) is 0 Å². The Morgan fingerprint density at radius 1 is 1.53 bits per heavy atom. The fourth-order valence-corrected chi connectivity index (χ4v) is 3.43. The van der Waals surface area contributed by atoms with Crippen LogP contribution in [0, 0.1) is 5.92 Å². The highest BCUT2D eigenvalue weighted by Gasteiger charge is 2.25. The zero-order chi connectivity index (χ0) is 13.7. The normalized spacial score (nSPS) is 19.3. The fourth-order valence-electron chi connectivity index (χ4n) is 2.57. The molecule has 1 aromatic rings. The molecule has 1 unspecified atom stereocenters. The molecule has 19 heavy (non-hydrogen) atoms. The van der Waals surface area contributed by atoms with Crippen LogP contribution >= 0.6 is 11.3 Å². The number of hydrogen-bond acceptors (Lipinski definition) is 3. The van der Waals surface area contributed by atoms with Gasteiger partial charge < -0.3 is 5.32 Å². The molecule has 1 fully saturated rings. The molecule has 0 saturated carbocycles. The lowest BCUT2D eigenvalue weighted by atomic mass is 9.97. The summed E-state index contributed by atoms with van der Waals surface area (Å²) >= 11 is 1.79. The van der Waals surface area contributed by atoms with Crippen LogP contribution in [-0.4, -0.2) is 30.4 Å². The average Bonchev–Trinajstić information content (AvgIpc) is 2.94. The maximum absolute atomic E-state index is 11.5. The van der Waals surface area contributed by atoms with Gasteiger partial charge in [-0.05, 0) is 43.3 Å². The van der Waals surface area contributed by atoms with E-state index in [9.17, 15) is 4.79 Å². The van der Waals surface area contributed by atoms with E-state index in [-0.39, 0.29) is 5.91 Å². The van der Waals surface area contributed by atoms with Gasteiger partial charge in [-0.2, -0.15) is 0 Å². The minimum atomic E-state index is 0.145. The van der Waals surface area contributed by atoms with E-state index in [0.29, 0.717) is 12.5 Å². The molecular weight excluding hydrogens is 256 g/mol. The average molecular weight is 280 g/mol. The first-order chi connectivity index (χ1) is 9.20. The molecule has 1 aliphatic rings. The Morgan fingerprint density at radius 3 is 2.84 bits per heavy atom. The molecule has 0 aliphatic carbocycles. The number of amides is 1. The van der Waals surface area contributed by atoms with Crippen molar-refractivity contribution < 1.29 is 4.79 Å². The number of rotatable bonds is 5. The van der Waals surface area contributed by atoms with Crippen LogP contribution in [-0.2, 0) is 4.79 Å². The molecule has 1 amide bonds. The number of hydrogen-bond donors (Lipinski definition) is 1. The van der Waals surface area contributed by atoms with Crippen molar-refractivity contribution in [2.24, 2.45) is 5.92 Å². The predicted molar refractivity (Wildman–Crippen MR) is 80.3 cm³/mol. The molecule has 1 saturated heterocycles. The SMILES string of the molecule is CCC(=O)NCC(c1cccs1)N1CCC(C)CC1. The highest BCUT2D eigenvalue weighted by Crippen LogP contribution is 2.28. The van der Waals surface area contributed by atoms with Crippen molar-refractivity contribution in [3.63, 3.8) is 0 Å². The number of nitrogens with one attached hydrogen (secondary N) is 1. The van der Waals surface area contributed by atoms with E-state index in [0.717, 1.165) is 25.6 Å². The summed E-state index contributed by atoms with van der Waals surface area (Å²) in [5, 5.41) is 5.18. The van der Waals surface area contributed by atoms with Crippen LogP contribution < -0.4 is 5.32 Å². The van der Waals surface area contributed by atoms with Crippen molar-refractivity contribution in [3.8, 4) is 0 Å². The van der Waals surface area contributed by atoms with E-state index >= 15 is 0 Å². The van der Waals surface area contributed by atoms with Crippen molar-refractivity contribution in [2.75, 3.05) is 19.6 Å². The van der Waals surface area contributed by atoms with Gasteiger partial charge in [0.25, 0.3) is 0 Å². The minimum absolute atomic E-state index is 0.145. The lowest BCUT2D eigenvalue weighted by Gasteiger charge is -2.36. The Kier molecular flexibility index (Phi) is 5.40. The summed E-state index contributed by atoms with van der Waals surface area (Å²) in [5.74, 6) is 0.984. The molecule has 2 rings (SSSR count). The van der Waals surface area contributed by atoms with E-state index in [1.54, 1.807) is 11.3 Å². The third-order valence-electron chi connectivity index (χ3n) is 3.94. The summed E-state index contributed by atoms with van der Waals surface area (Å²) in [5.41, 5.74) is 0. The quantitative estimate of drug-likeness (QED) is 0.899. The van der Waals surface area contributed by atoms with Crippen molar-refractivity contribution >= 4 is 17.2 Å². The molecule has 0 radical (unpaired) electrons. The van der Waals surface area contributed by atoms with Gasteiger partial charge in [0.2, 0.25) is 5.91 Å². The maximum atomic E-state index is 11.5. The van der Waals surface area contributed by atoms with Gasteiger partial charge in [0, 0.05) is 17.8 Å². The molecule has 106 valence electrons. The monoisotopic (exact) mass is 280 g/mol. The van der Waals surface area contributed by atoms with Crippen molar-refractivity contribution in [1.82, 2.24) is 10.2 Å². The van der Waals surface area contributed by atoms with E-state index in [1.807, 2.05) is 6.92 Å². The molecule has 1 aromatic heterocycles. The lowest BCUT2D eigenvalue weighted by molar-refractivity contribution is -0.121. The van der Waals surface area contributed by atoms with Gasteiger partial charge in [0.15, 0.2) is 0 Å². The second-order valence-corrected chi connectivity index (χ2v) is 6.39. The standard InChI is InChI=1S/C15H24N2OS/c1-3-15(18)16-11-13(14-5-4-10-19-14)17-8-6-12(2)7-9-17/h4-5,10,12-13H,3,6-9,11H2,1-2H3,(H,16,18). The van der Waals surface area contributed by atoms with Crippen molar-refractivity contribution in [2.45, 2.75) is 39.2 Å². The number of carbonyl (C=O) groups is 1. The zero-order valence-electron chi connectivity index (χ0n) is 11.9. The van der Waals surface area contributed by atoms with Crippen LogP contribution in [0.25, 0.3) is 0 Å². The highest BCUT2D eigenvalue weighted by molar-refractivity contribution is 7.10. The van der Waals surface area contributed by atoms with E-state index in [2.05, 4.69) is 34.7 Å². The zero-order valence-corrected chi connectivity index (χ0v) is 12.7. The molecule has 0 spiro atoms. The van der Waals surface area contributed by atoms with Crippen LogP contribution in [0.5, 0.6) is 0 Å². The van der Waals surface area contributed by atoms with Gasteiger partial charge in [0.05, 0.1) is 6.04 Å². The number of thiophene rings is 1. The first-order valence-corrected chi connectivity index (χ1v) is 8.12. The number of carbonyl (C=O) groups excluding carboxylic acids is 1. The summed E-state index contributed by atoms with van der Waals surface area (Å²) in [6.45, 7) is 7.26. The van der Waals surface area contributed by atoms with Crippen molar-refractivity contribution in [1.29, 1.82) is 0 Å². The third-order valence-corrected chi connectivity index (χ3v) is 4.92. The molecular formula is C15H24N2OS. The van der Waals surface area contributed by atoms with E-state index in [1.165, 1.54) is 17.7 Å². The van der Waals surface area contributed by atoms with Crippen LogP contribution in [0.3, 0.4) is 0 Å². The summed E-state index contributed by atoms with van der Waals surface area (Å²) in [7, 11) is 0. The molecule has 0 bridgehead atoms. The molecule has 1 N–H and O–H groups in total. The second-order valence-electron chi connectivity index (χ2n) is 5.41. The smallest absolute Gasteiger partial charge is 0.219 e. The van der Waals surface area contributed by atoms with Gasteiger partial charge in [-0.1, -0.05) is 19.9 Å². The third kappa shape index (κ3) is 4.05. The second kappa shape index (κ2) is 7.06. The van der Waals surface area contributed by atoms with E-state index < -0.39 is 0 Å². The Bertz CT molecular complexity index is 383. The topological polar surface area (TPSA) is 32.3 Å². The molecule has 2 heterocycles. The minimum Gasteiger partial charge on any atom is -0.354 e.